The Bertz CT molecular complexity index is 486. The van der Waals surface area contributed by atoms with Gasteiger partial charge in [0.1, 0.15) is 11.0 Å². The molecule has 1 aliphatic heterocycles. The molecule has 104 valence electrons. The van der Waals surface area contributed by atoms with Crippen molar-refractivity contribution in [3.63, 3.8) is 0 Å². The minimum Gasteiger partial charge on any atom is -0.345 e. The Morgan fingerprint density at radius 2 is 2.32 bits per heavy atom. The SMILES string of the molecule is CCC(C)C1C(=O)NCC(=O)N1Cc1nc(C)cs1. The minimum absolute atomic E-state index is 0.0299. The Labute approximate surface area is 117 Å². The molecule has 19 heavy (non-hydrogen) atoms. The predicted molar refractivity (Wildman–Crippen MR) is 73.7 cm³/mol. The molecule has 2 heterocycles. The van der Waals surface area contributed by atoms with E-state index in [1.165, 1.54) is 11.3 Å². The van der Waals surface area contributed by atoms with E-state index in [9.17, 15) is 9.59 Å². The average Bonchev–Trinajstić information content (AvgIpc) is 2.79. The van der Waals surface area contributed by atoms with E-state index in [2.05, 4.69) is 10.3 Å². The lowest BCUT2D eigenvalue weighted by Crippen LogP contribution is -2.60. The molecule has 0 bridgehead atoms. The van der Waals surface area contributed by atoms with Crippen LogP contribution in [0.1, 0.15) is 31.0 Å². The third kappa shape index (κ3) is 2.94. The maximum Gasteiger partial charge on any atom is 0.243 e. The van der Waals surface area contributed by atoms with Gasteiger partial charge in [-0.1, -0.05) is 20.3 Å². The van der Waals surface area contributed by atoms with Crippen LogP contribution in [0.15, 0.2) is 5.38 Å². The first-order chi connectivity index (χ1) is 9.02. The van der Waals surface area contributed by atoms with Gasteiger partial charge in [0.25, 0.3) is 0 Å². The molecule has 6 heteroatoms. The van der Waals surface area contributed by atoms with Crippen LogP contribution < -0.4 is 5.32 Å². The highest BCUT2D eigenvalue weighted by Crippen LogP contribution is 2.21. The van der Waals surface area contributed by atoms with Gasteiger partial charge >= 0.3 is 0 Å². The highest BCUT2D eigenvalue weighted by Gasteiger charge is 2.37. The summed E-state index contributed by atoms with van der Waals surface area (Å²) in [4.78, 5) is 30.1. The van der Waals surface area contributed by atoms with Crippen molar-refractivity contribution in [2.45, 2.75) is 39.8 Å². The first-order valence-corrected chi connectivity index (χ1v) is 7.39. The minimum atomic E-state index is -0.379. The molecule has 2 unspecified atom stereocenters. The zero-order valence-corrected chi connectivity index (χ0v) is 12.3. The van der Waals surface area contributed by atoms with Crippen molar-refractivity contribution in [1.82, 2.24) is 15.2 Å². The number of carbonyl (C=O) groups is 2. The molecule has 0 aliphatic carbocycles. The number of piperazine rings is 1. The molecule has 2 rings (SSSR count). The van der Waals surface area contributed by atoms with Crippen molar-refractivity contribution in [1.29, 1.82) is 0 Å². The van der Waals surface area contributed by atoms with Crippen LogP contribution in [0.5, 0.6) is 0 Å². The lowest BCUT2D eigenvalue weighted by molar-refractivity contribution is -0.148. The number of amides is 2. The summed E-state index contributed by atoms with van der Waals surface area (Å²) in [5.41, 5.74) is 0.953. The fourth-order valence-corrected chi connectivity index (χ4v) is 3.03. The Kier molecular flexibility index (Phi) is 4.19. The lowest BCUT2D eigenvalue weighted by atomic mass is 9.95. The summed E-state index contributed by atoms with van der Waals surface area (Å²) >= 11 is 1.53. The number of nitrogens with one attached hydrogen (secondary N) is 1. The highest BCUT2D eigenvalue weighted by molar-refractivity contribution is 7.09. The molecule has 1 aromatic heterocycles. The van der Waals surface area contributed by atoms with E-state index in [0.717, 1.165) is 17.1 Å². The average molecular weight is 281 g/mol. The van der Waals surface area contributed by atoms with Crippen molar-refractivity contribution in [3.05, 3.63) is 16.1 Å². The summed E-state index contributed by atoms with van der Waals surface area (Å²) in [5, 5.41) is 5.51. The smallest absolute Gasteiger partial charge is 0.243 e. The second-order valence-electron chi connectivity index (χ2n) is 4.95. The molecular formula is C13H19N3O2S. The van der Waals surface area contributed by atoms with Gasteiger partial charge in [0.15, 0.2) is 0 Å². The van der Waals surface area contributed by atoms with Crippen LogP contribution >= 0.6 is 11.3 Å². The topological polar surface area (TPSA) is 62.3 Å². The van der Waals surface area contributed by atoms with Crippen LogP contribution in [0.25, 0.3) is 0 Å². The maximum atomic E-state index is 12.1. The van der Waals surface area contributed by atoms with E-state index >= 15 is 0 Å². The summed E-state index contributed by atoms with van der Waals surface area (Å²) in [6, 6.07) is -0.379. The molecule has 5 nitrogen and oxygen atoms in total. The second kappa shape index (κ2) is 5.69. The van der Waals surface area contributed by atoms with Crippen LogP contribution in [-0.4, -0.2) is 34.3 Å². The summed E-state index contributed by atoms with van der Waals surface area (Å²) in [6.45, 7) is 6.48. The molecule has 1 N–H and O–H groups in total. The van der Waals surface area contributed by atoms with Gasteiger partial charge in [0.05, 0.1) is 13.1 Å². The second-order valence-corrected chi connectivity index (χ2v) is 5.90. The number of thiazole rings is 1. The summed E-state index contributed by atoms with van der Waals surface area (Å²) in [5.74, 6) is 0.0605. The molecule has 2 amide bonds. The van der Waals surface area contributed by atoms with Crippen molar-refractivity contribution < 1.29 is 9.59 Å². The summed E-state index contributed by atoms with van der Waals surface area (Å²) in [6.07, 6.45) is 0.860. The Morgan fingerprint density at radius 1 is 1.58 bits per heavy atom. The van der Waals surface area contributed by atoms with E-state index in [1.54, 1.807) is 4.90 Å². The zero-order chi connectivity index (χ0) is 14.0. The van der Waals surface area contributed by atoms with Crippen LogP contribution in [0.4, 0.5) is 0 Å². The van der Waals surface area contributed by atoms with Gasteiger partial charge in [0, 0.05) is 11.1 Å². The number of hydrogen-bond donors (Lipinski definition) is 1. The van der Waals surface area contributed by atoms with Crippen molar-refractivity contribution in [2.24, 2.45) is 5.92 Å². The van der Waals surface area contributed by atoms with Crippen molar-refractivity contribution in [2.75, 3.05) is 6.54 Å². The first kappa shape index (κ1) is 14.0. The van der Waals surface area contributed by atoms with E-state index in [-0.39, 0.29) is 30.3 Å². The number of rotatable bonds is 4. The largest absolute Gasteiger partial charge is 0.345 e. The molecule has 1 aliphatic rings. The van der Waals surface area contributed by atoms with Gasteiger partial charge in [-0.25, -0.2) is 4.98 Å². The number of aromatic nitrogens is 1. The van der Waals surface area contributed by atoms with Gasteiger partial charge < -0.3 is 10.2 Å². The number of aryl methyl sites for hydroxylation is 1. The van der Waals surface area contributed by atoms with Crippen LogP contribution in [-0.2, 0) is 16.1 Å². The van der Waals surface area contributed by atoms with Gasteiger partial charge in [-0.15, -0.1) is 11.3 Å². The molecule has 2 atom stereocenters. The fraction of sp³-hybridized carbons (Fsp3) is 0.615. The van der Waals surface area contributed by atoms with Crippen molar-refractivity contribution in [3.8, 4) is 0 Å². The van der Waals surface area contributed by atoms with Crippen molar-refractivity contribution >= 4 is 23.2 Å². The molecule has 0 aromatic carbocycles. The molecule has 0 spiro atoms. The zero-order valence-electron chi connectivity index (χ0n) is 11.5. The number of nitrogens with zero attached hydrogens (tertiary/aromatic N) is 2. The Hall–Kier alpha value is -1.43. The summed E-state index contributed by atoms with van der Waals surface area (Å²) in [7, 11) is 0. The van der Waals surface area contributed by atoms with E-state index in [1.807, 2.05) is 26.2 Å². The standard InChI is InChI=1S/C13H19N3O2S/c1-4-8(2)12-13(18)14-5-11(17)16(12)6-10-15-9(3)7-19-10/h7-8,12H,4-6H2,1-3H3,(H,14,18). The van der Waals surface area contributed by atoms with E-state index < -0.39 is 0 Å². The van der Waals surface area contributed by atoms with Crippen LogP contribution in [0.3, 0.4) is 0 Å². The maximum absolute atomic E-state index is 12.1. The van der Waals surface area contributed by atoms with E-state index in [4.69, 9.17) is 0 Å². The van der Waals surface area contributed by atoms with E-state index in [0.29, 0.717) is 6.54 Å². The van der Waals surface area contributed by atoms with Gasteiger partial charge in [-0.2, -0.15) is 0 Å². The van der Waals surface area contributed by atoms with Gasteiger partial charge in [0.2, 0.25) is 11.8 Å². The van der Waals surface area contributed by atoms with Crippen LogP contribution in [0.2, 0.25) is 0 Å². The highest BCUT2D eigenvalue weighted by atomic mass is 32.1. The molecular weight excluding hydrogens is 262 g/mol. The van der Waals surface area contributed by atoms with Crippen LogP contribution in [0, 0.1) is 12.8 Å². The quantitative estimate of drug-likeness (QED) is 0.905. The molecule has 0 saturated carbocycles. The Balaban J connectivity index is 2.21. The molecule has 1 fully saturated rings. The predicted octanol–water partition coefficient (Wildman–Crippen LogP) is 1.32. The number of hydrogen-bond acceptors (Lipinski definition) is 4. The summed E-state index contributed by atoms with van der Waals surface area (Å²) < 4.78 is 0. The fourth-order valence-electron chi connectivity index (χ4n) is 2.26. The third-order valence-electron chi connectivity index (χ3n) is 3.49. The first-order valence-electron chi connectivity index (χ1n) is 6.51. The molecule has 1 saturated heterocycles. The van der Waals surface area contributed by atoms with Gasteiger partial charge in [-0.05, 0) is 12.8 Å². The monoisotopic (exact) mass is 281 g/mol. The molecule has 0 radical (unpaired) electrons. The van der Waals surface area contributed by atoms with Gasteiger partial charge in [-0.3, -0.25) is 9.59 Å². The normalized spacial score (nSPS) is 21.4. The lowest BCUT2D eigenvalue weighted by Gasteiger charge is -2.37. The number of carbonyl (C=O) groups excluding carboxylic acids is 2. The molecule has 1 aromatic rings. The Morgan fingerprint density at radius 3 is 2.89 bits per heavy atom. The third-order valence-corrected chi connectivity index (χ3v) is 4.45.